The zero-order chi connectivity index (χ0) is 23.6. The second kappa shape index (κ2) is 17.1. The van der Waals surface area contributed by atoms with Crippen molar-refractivity contribution < 1.29 is 24.0 Å². The molecule has 0 saturated heterocycles. The first-order valence-corrected chi connectivity index (χ1v) is 11.1. The Hall–Kier alpha value is -2.65. The van der Waals surface area contributed by atoms with Gasteiger partial charge in [0.2, 0.25) is 17.7 Å². The van der Waals surface area contributed by atoms with Gasteiger partial charge in [0.05, 0.1) is 12.6 Å². The summed E-state index contributed by atoms with van der Waals surface area (Å²) in [5, 5.41) is 10.5. The smallest absolute Gasteiger partial charge is 0.312 e. The highest BCUT2D eigenvalue weighted by atomic mass is 16.2. The standard InChI is InChI=1S/C21H39N5O5/c1-4-16(5-2)20(30)23-12-8-6-7-11-18(28)25-14-19(29)26-17(15(3)27)10-9-13-24-21(22)31/h16-17H,4-14H2,1-3H3,(H,23,30)(H,25,28)(H,26,29)(H3,22,24,31). The summed E-state index contributed by atoms with van der Waals surface area (Å²) >= 11 is 0. The van der Waals surface area contributed by atoms with Gasteiger partial charge in [-0.15, -0.1) is 0 Å². The van der Waals surface area contributed by atoms with E-state index in [-0.39, 0.29) is 30.1 Å². The fourth-order valence-electron chi connectivity index (χ4n) is 3.01. The van der Waals surface area contributed by atoms with E-state index in [4.69, 9.17) is 5.73 Å². The molecule has 1 atom stereocenters. The van der Waals surface area contributed by atoms with Crippen LogP contribution >= 0.6 is 0 Å². The van der Waals surface area contributed by atoms with Gasteiger partial charge in [-0.3, -0.25) is 19.2 Å². The van der Waals surface area contributed by atoms with Gasteiger partial charge >= 0.3 is 6.03 Å². The van der Waals surface area contributed by atoms with Crippen molar-refractivity contribution >= 4 is 29.5 Å². The van der Waals surface area contributed by atoms with E-state index < -0.39 is 18.0 Å². The highest BCUT2D eigenvalue weighted by Gasteiger charge is 2.17. The molecule has 0 aliphatic rings. The van der Waals surface area contributed by atoms with E-state index in [1.807, 2.05) is 13.8 Å². The van der Waals surface area contributed by atoms with E-state index in [1.165, 1.54) is 6.92 Å². The summed E-state index contributed by atoms with van der Waals surface area (Å²) in [5.74, 6) is -0.732. The van der Waals surface area contributed by atoms with Gasteiger partial charge in [-0.05, 0) is 45.4 Å². The Bertz CT molecular complexity index is 593. The summed E-state index contributed by atoms with van der Waals surface area (Å²) in [4.78, 5) is 58.0. The van der Waals surface area contributed by atoms with Crippen molar-refractivity contribution in [3.05, 3.63) is 0 Å². The lowest BCUT2D eigenvalue weighted by Crippen LogP contribution is -2.45. The number of rotatable bonds is 17. The Morgan fingerprint density at radius 1 is 0.806 bits per heavy atom. The number of Topliss-reactive ketones (excluding diaryl/α,β-unsaturated/α-hetero) is 1. The third kappa shape index (κ3) is 14.9. The lowest BCUT2D eigenvalue weighted by atomic mass is 10.0. The molecule has 0 aliphatic carbocycles. The third-order valence-corrected chi connectivity index (χ3v) is 4.98. The molecule has 0 aliphatic heterocycles. The molecule has 0 aromatic rings. The maximum absolute atomic E-state index is 12.0. The molecule has 10 heteroatoms. The fraction of sp³-hybridized carbons (Fsp3) is 0.762. The van der Waals surface area contributed by atoms with Gasteiger partial charge < -0.3 is 27.0 Å². The van der Waals surface area contributed by atoms with Crippen molar-refractivity contribution in [2.24, 2.45) is 11.7 Å². The first-order valence-electron chi connectivity index (χ1n) is 11.1. The van der Waals surface area contributed by atoms with Gasteiger partial charge in [0.15, 0.2) is 5.78 Å². The van der Waals surface area contributed by atoms with Crippen LogP contribution in [-0.2, 0) is 19.2 Å². The zero-order valence-corrected chi connectivity index (χ0v) is 19.1. The SMILES string of the molecule is CCC(CC)C(=O)NCCCCCC(=O)NCC(=O)NC(CCCNC(N)=O)C(C)=O. The molecular weight excluding hydrogens is 402 g/mol. The summed E-state index contributed by atoms with van der Waals surface area (Å²) in [6.07, 6.45) is 5.06. The van der Waals surface area contributed by atoms with Crippen molar-refractivity contribution in [2.45, 2.75) is 78.2 Å². The van der Waals surface area contributed by atoms with E-state index in [9.17, 15) is 24.0 Å². The molecule has 31 heavy (non-hydrogen) atoms. The largest absolute Gasteiger partial charge is 0.356 e. The summed E-state index contributed by atoms with van der Waals surface area (Å²) in [5.41, 5.74) is 4.97. The number of hydrogen-bond acceptors (Lipinski definition) is 5. The number of carbonyl (C=O) groups excluding carboxylic acids is 5. The van der Waals surface area contributed by atoms with Gasteiger partial charge in [0.25, 0.3) is 0 Å². The third-order valence-electron chi connectivity index (χ3n) is 4.98. The minimum Gasteiger partial charge on any atom is -0.356 e. The number of nitrogens with one attached hydrogen (secondary N) is 4. The van der Waals surface area contributed by atoms with Crippen LogP contribution in [0.5, 0.6) is 0 Å². The monoisotopic (exact) mass is 441 g/mol. The van der Waals surface area contributed by atoms with Crippen molar-refractivity contribution in [1.29, 1.82) is 0 Å². The van der Waals surface area contributed by atoms with Crippen LogP contribution in [0, 0.1) is 5.92 Å². The van der Waals surface area contributed by atoms with Crippen LogP contribution in [0.25, 0.3) is 0 Å². The van der Waals surface area contributed by atoms with Crippen molar-refractivity contribution in [3.63, 3.8) is 0 Å². The molecule has 0 radical (unpaired) electrons. The topological polar surface area (TPSA) is 159 Å². The number of ketones is 1. The van der Waals surface area contributed by atoms with E-state index in [0.717, 1.165) is 25.7 Å². The van der Waals surface area contributed by atoms with E-state index in [2.05, 4.69) is 21.3 Å². The van der Waals surface area contributed by atoms with E-state index >= 15 is 0 Å². The number of unbranched alkanes of at least 4 members (excludes halogenated alkanes) is 2. The molecule has 0 rings (SSSR count). The molecule has 0 bridgehead atoms. The van der Waals surface area contributed by atoms with Crippen LogP contribution in [0.1, 0.15) is 72.1 Å². The highest BCUT2D eigenvalue weighted by molar-refractivity contribution is 5.90. The molecule has 0 aromatic heterocycles. The van der Waals surface area contributed by atoms with Crippen LogP contribution in [0.2, 0.25) is 0 Å². The Balaban J connectivity index is 3.94. The minimum absolute atomic E-state index is 0.0614. The van der Waals surface area contributed by atoms with Crippen molar-refractivity contribution in [1.82, 2.24) is 21.3 Å². The van der Waals surface area contributed by atoms with Gasteiger partial charge in [0.1, 0.15) is 0 Å². The predicted molar refractivity (Wildman–Crippen MR) is 118 cm³/mol. The second-order valence-corrected chi connectivity index (χ2v) is 7.56. The zero-order valence-electron chi connectivity index (χ0n) is 19.1. The predicted octanol–water partition coefficient (Wildman–Crippen LogP) is 0.738. The van der Waals surface area contributed by atoms with Crippen molar-refractivity contribution in [3.8, 4) is 0 Å². The number of urea groups is 1. The molecule has 178 valence electrons. The molecule has 0 fully saturated rings. The summed E-state index contributed by atoms with van der Waals surface area (Å²) < 4.78 is 0. The van der Waals surface area contributed by atoms with Crippen LogP contribution in [0.3, 0.4) is 0 Å². The molecule has 1 unspecified atom stereocenters. The molecule has 5 amide bonds. The molecular formula is C21H39N5O5. The fourth-order valence-corrected chi connectivity index (χ4v) is 3.01. The lowest BCUT2D eigenvalue weighted by molar-refractivity contribution is -0.128. The average molecular weight is 442 g/mol. The van der Waals surface area contributed by atoms with Gasteiger partial charge in [-0.25, -0.2) is 4.79 Å². The Morgan fingerprint density at radius 3 is 2.03 bits per heavy atom. The maximum Gasteiger partial charge on any atom is 0.312 e. The van der Waals surface area contributed by atoms with Gasteiger partial charge in [0, 0.05) is 25.4 Å². The normalized spacial score (nSPS) is 11.5. The first-order chi connectivity index (χ1) is 14.7. The molecule has 10 nitrogen and oxygen atoms in total. The number of nitrogens with two attached hydrogens (primary N) is 1. The second-order valence-electron chi connectivity index (χ2n) is 7.56. The van der Waals surface area contributed by atoms with Gasteiger partial charge in [-0.1, -0.05) is 20.3 Å². The number of hydrogen-bond donors (Lipinski definition) is 5. The molecule has 0 aromatic carbocycles. The molecule has 0 heterocycles. The maximum atomic E-state index is 12.0. The summed E-state index contributed by atoms with van der Waals surface area (Å²) in [6, 6.07) is -1.31. The van der Waals surface area contributed by atoms with Crippen LogP contribution in [-0.4, -0.2) is 55.2 Å². The van der Waals surface area contributed by atoms with Crippen molar-refractivity contribution in [2.75, 3.05) is 19.6 Å². The molecule has 0 spiro atoms. The average Bonchev–Trinajstić information content (AvgIpc) is 2.71. The van der Waals surface area contributed by atoms with Gasteiger partial charge in [-0.2, -0.15) is 0 Å². The Labute approximate surface area is 184 Å². The first kappa shape index (κ1) is 28.4. The van der Waals surface area contributed by atoms with Crippen LogP contribution < -0.4 is 27.0 Å². The highest BCUT2D eigenvalue weighted by Crippen LogP contribution is 2.07. The molecule has 0 saturated carbocycles. The lowest BCUT2D eigenvalue weighted by Gasteiger charge is -2.16. The minimum atomic E-state index is -0.672. The summed E-state index contributed by atoms with van der Waals surface area (Å²) in [6.45, 7) is 6.08. The quantitative estimate of drug-likeness (QED) is 0.210. The number of amides is 5. The van der Waals surface area contributed by atoms with E-state index in [0.29, 0.717) is 38.8 Å². The Kier molecular flexibility index (Phi) is 15.6. The summed E-state index contributed by atoms with van der Waals surface area (Å²) in [7, 11) is 0. The van der Waals surface area contributed by atoms with Crippen LogP contribution in [0.4, 0.5) is 4.79 Å². The number of carbonyl (C=O) groups is 5. The van der Waals surface area contributed by atoms with E-state index in [1.54, 1.807) is 0 Å². The van der Waals surface area contributed by atoms with Crippen LogP contribution in [0.15, 0.2) is 0 Å². The Morgan fingerprint density at radius 2 is 1.45 bits per heavy atom. The number of primary amides is 1. The molecule has 6 N–H and O–H groups in total.